The van der Waals surface area contributed by atoms with E-state index in [0.29, 0.717) is 26.9 Å². The van der Waals surface area contributed by atoms with Crippen LogP contribution in [0, 0.1) is 0 Å². The molecule has 0 unspecified atom stereocenters. The van der Waals surface area contributed by atoms with E-state index in [0.717, 1.165) is 30.7 Å². The number of unbranched alkanes of at least 4 members (excludes halogenated alkanes) is 7. The van der Waals surface area contributed by atoms with Crippen LogP contribution in [0.15, 0.2) is 28.4 Å². The van der Waals surface area contributed by atoms with Crippen LogP contribution in [0.5, 0.6) is 0 Å². The quantitative estimate of drug-likeness (QED) is 0.122. The minimum Gasteiger partial charge on any atom is -0.462 e. The minimum absolute atomic E-state index is 0.248. The van der Waals surface area contributed by atoms with Crippen molar-refractivity contribution in [1.29, 1.82) is 0 Å². The Hall–Kier alpha value is -1.60. The largest absolute Gasteiger partial charge is 0.480 e. The number of halogens is 1. The second-order valence-corrected chi connectivity index (χ2v) is 11.5. The molecule has 0 atom stereocenters. The first-order chi connectivity index (χ1) is 18.3. The van der Waals surface area contributed by atoms with Crippen LogP contribution in [0.4, 0.5) is 0 Å². The van der Waals surface area contributed by atoms with Gasteiger partial charge in [0.15, 0.2) is 3.92 Å². The van der Waals surface area contributed by atoms with Crippen LogP contribution in [0.3, 0.4) is 0 Å². The molecule has 0 saturated carbocycles. The van der Waals surface area contributed by atoms with Crippen molar-refractivity contribution >= 4 is 57.7 Å². The van der Waals surface area contributed by atoms with Gasteiger partial charge in [0.05, 0.1) is 30.6 Å². The number of carbonyl (C=O) groups excluding carboxylic acids is 2. The third-order valence-corrected chi connectivity index (χ3v) is 7.25. The molecule has 0 saturated heterocycles. The van der Waals surface area contributed by atoms with Gasteiger partial charge in [-0.15, -0.1) is 22.7 Å². The summed E-state index contributed by atoms with van der Waals surface area (Å²) in [6.07, 6.45) is 16.7. The number of aryl methyl sites for hydroxylation is 1. The monoisotopic (exact) mass is 632 g/mol. The number of nitrogens with zero attached hydrogens (tertiary/aromatic N) is 2. The van der Waals surface area contributed by atoms with Crippen molar-refractivity contribution in [2.24, 2.45) is 0 Å². The van der Waals surface area contributed by atoms with Crippen LogP contribution >= 0.6 is 38.6 Å². The lowest BCUT2D eigenvalue weighted by Crippen LogP contribution is -2.05. The predicted molar refractivity (Wildman–Crippen MR) is 160 cm³/mol. The number of ether oxygens (including phenoxy) is 2. The number of hydrogen-bond donors (Lipinski definition) is 2. The van der Waals surface area contributed by atoms with Crippen molar-refractivity contribution in [3.05, 3.63) is 43.1 Å². The lowest BCUT2D eigenvalue weighted by molar-refractivity contribution is 0.0522. The Morgan fingerprint density at radius 2 is 1.42 bits per heavy atom. The Labute approximate surface area is 244 Å². The molecule has 2 N–H and O–H groups in total. The maximum Gasteiger partial charge on any atom is 0.480 e. The topological polar surface area (TPSA) is 119 Å². The third-order valence-electron chi connectivity index (χ3n) is 4.76. The molecule has 8 nitrogen and oxygen atoms in total. The van der Waals surface area contributed by atoms with E-state index in [1.807, 2.05) is 6.92 Å². The van der Waals surface area contributed by atoms with Crippen molar-refractivity contribution < 1.29 is 29.1 Å². The number of hydrogen-bond acceptors (Lipinski definition) is 10. The highest BCUT2D eigenvalue weighted by molar-refractivity contribution is 9.11. The molecule has 0 aliphatic heterocycles. The van der Waals surface area contributed by atoms with E-state index in [4.69, 9.17) is 19.5 Å². The molecule has 2 rings (SSSR count). The molecule has 2 heterocycles. The molecule has 0 radical (unpaired) electrons. The van der Waals surface area contributed by atoms with Gasteiger partial charge in [0.1, 0.15) is 9.75 Å². The van der Waals surface area contributed by atoms with Crippen LogP contribution < -0.4 is 0 Å². The first-order valence-corrected chi connectivity index (χ1v) is 15.6. The van der Waals surface area contributed by atoms with Gasteiger partial charge in [0.25, 0.3) is 0 Å². The van der Waals surface area contributed by atoms with E-state index < -0.39 is 7.12 Å². The second-order valence-electron chi connectivity index (χ2n) is 8.04. The first-order valence-electron chi connectivity index (χ1n) is 13.2. The normalized spacial score (nSPS) is 10.3. The Morgan fingerprint density at radius 1 is 0.868 bits per heavy atom. The fraction of sp³-hybridized carbons (Fsp3) is 0.615. The molecule has 2 aromatic rings. The average Bonchev–Trinajstić information content (AvgIpc) is 3.54. The summed E-state index contributed by atoms with van der Waals surface area (Å²) in [5.74, 6) is 0.841. The highest BCUT2D eigenvalue weighted by atomic mass is 79.9. The van der Waals surface area contributed by atoms with E-state index in [-0.39, 0.29) is 11.9 Å². The molecule has 0 aromatic carbocycles. The lowest BCUT2D eigenvalue weighted by atomic mass is 9.91. The standard InChI is InChI=1S/C13H21NO2S.C7H15BO2.C6H6BrNO2S/c1-3-5-6-7-8-9-12-14-10-11(17-12)13(15)16-4-2;1-2-3-4-5-6-7-8(9)10;1-2-10-5(9)4-3-8-6(7)11-4/h10H,3-9H2,1-2H3;6-7,9-10H,2-5H2,1H3;3H,2H2,1H3/b;7-6+;. The van der Waals surface area contributed by atoms with Crippen molar-refractivity contribution in [2.75, 3.05) is 13.2 Å². The average molecular weight is 633 g/mol. The molecule has 0 bridgehead atoms. The summed E-state index contributed by atoms with van der Waals surface area (Å²) in [6.45, 7) is 8.76. The molecule has 0 amide bonds. The van der Waals surface area contributed by atoms with Crippen molar-refractivity contribution in [3.8, 4) is 0 Å². The highest BCUT2D eigenvalue weighted by Gasteiger charge is 2.11. The summed E-state index contributed by atoms with van der Waals surface area (Å²) in [7, 11) is -1.28. The van der Waals surface area contributed by atoms with E-state index in [9.17, 15) is 9.59 Å². The number of thiazole rings is 2. The van der Waals surface area contributed by atoms with Gasteiger partial charge in [-0.05, 0) is 55.5 Å². The van der Waals surface area contributed by atoms with Crippen LogP contribution in [-0.2, 0) is 15.9 Å². The van der Waals surface area contributed by atoms with Gasteiger partial charge < -0.3 is 19.5 Å². The molecule has 12 heteroatoms. The number of aromatic nitrogens is 2. The molecular formula is C26H42BBrN2O6S2. The SMILES string of the molecule is CCCCC/C=C/B(O)O.CCCCCCCc1ncc(C(=O)OCC)s1.CCOC(=O)c1cnc(Br)s1. The zero-order chi connectivity index (χ0) is 28.6. The Kier molecular flexibility index (Phi) is 23.4. The van der Waals surface area contributed by atoms with Crippen molar-refractivity contribution in [2.45, 2.75) is 91.9 Å². The molecule has 214 valence electrons. The fourth-order valence-electron chi connectivity index (χ4n) is 2.88. The summed E-state index contributed by atoms with van der Waals surface area (Å²) in [5.41, 5.74) is 0. The van der Waals surface area contributed by atoms with Crippen LogP contribution in [-0.4, -0.2) is 52.3 Å². The summed E-state index contributed by atoms with van der Waals surface area (Å²) in [5, 5.41) is 17.8. The van der Waals surface area contributed by atoms with E-state index in [1.165, 1.54) is 73.4 Å². The van der Waals surface area contributed by atoms with Gasteiger partial charge in [0.2, 0.25) is 0 Å². The molecule has 0 fully saturated rings. The highest BCUT2D eigenvalue weighted by Crippen LogP contribution is 2.19. The molecule has 0 aliphatic rings. The Balaban J connectivity index is 0.000000569. The maximum atomic E-state index is 11.4. The van der Waals surface area contributed by atoms with Gasteiger partial charge in [-0.2, -0.15) is 0 Å². The third kappa shape index (κ3) is 19.5. The summed E-state index contributed by atoms with van der Waals surface area (Å²) < 4.78 is 10.4. The number of rotatable bonds is 15. The minimum atomic E-state index is -1.28. The first kappa shape index (κ1) is 36.4. The predicted octanol–water partition coefficient (Wildman–Crippen LogP) is 7.05. The van der Waals surface area contributed by atoms with Gasteiger partial charge in [0, 0.05) is 0 Å². The molecule has 0 spiro atoms. The Bertz CT molecular complexity index is 908. The molecule has 38 heavy (non-hydrogen) atoms. The zero-order valence-corrected chi connectivity index (χ0v) is 26.2. The fourth-order valence-corrected chi connectivity index (χ4v) is 4.90. The van der Waals surface area contributed by atoms with Gasteiger partial charge >= 0.3 is 19.1 Å². The van der Waals surface area contributed by atoms with E-state index >= 15 is 0 Å². The number of carbonyl (C=O) groups is 2. The molecule has 2 aromatic heterocycles. The maximum absolute atomic E-state index is 11.4. The van der Waals surface area contributed by atoms with Crippen LogP contribution in [0.2, 0.25) is 0 Å². The van der Waals surface area contributed by atoms with Crippen LogP contribution in [0.25, 0.3) is 0 Å². The smallest absolute Gasteiger partial charge is 0.462 e. The van der Waals surface area contributed by atoms with Gasteiger partial charge in [-0.25, -0.2) is 19.6 Å². The van der Waals surface area contributed by atoms with Crippen molar-refractivity contribution in [1.82, 2.24) is 9.97 Å². The second kappa shape index (κ2) is 24.4. The Morgan fingerprint density at radius 3 is 1.95 bits per heavy atom. The van der Waals surface area contributed by atoms with E-state index in [2.05, 4.69) is 39.7 Å². The van der Waals surface area contributed by atoms with Crippen molar-refractivity contribution in [3.63, 3.8) is 0 Å². The summed E-state index contributed by atoms with van der Waals surface area (Å²) in [6, 6.07) is 0. The van der Waals surface area contributed by atoms with E-state index in [1.54, 1.807) is 19.2 Å². The van der Waals surface area contributed by atoms with Gasteiger partial charge in [-0.3, -0.25) is 0 Å². The molecular weight excluding hydrogens is 591 g/mol. The van der Waals surface area contributed by atoms with Crippen LogP contribution in [0.1, 0.15) is 110 Å². The summed E-state index contributed by atoms with van der Waals surface area (Å²) in [4.78, 5) is 31.7. The lowest BCUT2D eigenvalue weighted by Gasteiger charge is -1.97. The summed E-state index contributed by atoms with van der Waals surface area (Å²) >= 11 is 5.88. The number of esters is 2. The zero-order valence-electron chi connectivity index (χ0n) is 23.0. The molecule has 0 aliphatic carbocycles. The number of allylic oxidation sites excluding steroid dienone is 1. The van der Waals surface area contributed by atoms with Gasteiger partial charge in [-0.1, -0.05) is 64.4 Å².